The second kappa shape index (κ2) is 5.27. The first-order valence-electron chi connectivity index (χ1n) is 6.43. The van der Waals surface area contributed by atoms with Crippen molar-refractivity contribution in [3.8, 4) is 0 Å². The van der Waals surface area contributed by atoms with Gasteiger partial charge in [0.05, 0.1) is 0 Å². The van der Waals surface area contributed by atoms with E-state index >= 15 is 0 Å². The molecule has 0 aliphatic rings. The van der Waals surface area contributed by atoms with Gasteiger partial charge in [-0.25, -0.2) is 0 Å². The minimum Gasteiger partial charge on any atom is -0.388 e. The first kappa shape index (κ1) is 13.3. The number of carbonyl (C=O) groups excluding carboxylic acids is 1. The summed E-state index contributed by atoms with van der Waals surface area (Å²) in [6, 6.07) is 11.7. The van der Waals surface area contributed by atoms with Crippen molar-refractivity contribution in [2.45, 2.75) is 20.8 Å². The van der Waals surface area contributed by atoms with Crippen molar-refractivity contribution in [3.63, 3.8) is 0 Å². The maximum absolute atomic E-state index is 12.6. The Labute approximate surface area is 114 Å². The van der Waals surface area contributed by atoms with E-state index in [0.29, 0.717) is 0 Å². The minimum absolute atomic E-state index is 0.0899. The van der Waals surface area contributed by atoms with Crippen LogP contribution in [0.5, 0.6) is 0 Å². The maximum atomic E-state index is 12.6. The highest BCUT2D eigenvalue weighted by Crippen LogP contribution is 2.21. The van der Waals surface area contributed by atoms with Crippen molar-refractivity contribution in [1.82, 2.24) is 0 Å². The molecule has 0 aromatic heterocycles. The predicted octanol–water partition coefficient (Wildman–Crippen LogP) is 3.88. The molecule has 2 aromatic carbocycles. The van der Waals surface area contributed by atoms with Crippen LogP contribution in [-0.4, -0.2) is 12.8 Å². The number of rotatable bonds is 3. The van der Waals surface area contributed by atoms with Gasteiger partial charge in [-0.3, -0.25) is 4.79 Å². The lowest BCUT2D eigenvalue weighted by Crippen LogP contribution is -2.07. The number of ketones is 1. The number of carbonyl (C=O) groups is 1. The summed E-state index contributed by atoms with van der Waals surface area (Å²) in [5.74, 6) is 0.0899. The van der Waals surface area contributed by atoms with E-state index in [0.717, 1.165) is 27.9 Å². The summed E-state index contributed by atoms with van der Waals surface area (Å²) in [7, 11) is 1.85. The van der Waals surface area contributed by atoms with Crippen LogP contribution in [0.15, 0.2) is 36.4 Å². The van der Waals surface area contributed by atoms with Crippen LogP contribution in [0.25, 0.3) is 0 Å². The molecule has 0 fully saturated rings. The Kier molecular flexibility index (Phi) is 3.70. The van der Waals surface area contributed by atoms with Gasteiger partial charge < -0.3 is 5.32 Å². The quantitative estimate of drug-likeness (QED) is 0.841. The molecule has 2 aromatic rings. The van der Waals surface area contributed by atoms with E-state index in [1.54, 1.807) is 0 Å². The van der Waals surface area contributed by atoms with E-state index < -0.39 is 0 Å². The zero-order valence-electron chi connectivity index (χ0n) is 11.9. The standard InChI is InChI=1S/C17H19NO/c1-11-8-12(2)16(13(3)9-11)17(19)14-6-5-7-15(10-14)18-4/h5-10,18H,1-4H3. The first-order chi connectivity index (χ1) is 9.02. The van der Waals surface area contributed by atoms with Crippen LogP contribution in [0.1, 0.15) is 32.6 Å². The van der Waals surface area contributed by atoms with Gasteiger partial charge in [0.25, 0.3) is 0 Å². The van der Waals surface area contributed by atoms with Gasteiger partial charge in [-0.15, -0.1) is 0 Å². The molecule has 0 spiro atoms. The molecule has 0 aliphatic carbocycles. The largest absolute Gasteiger partial charge is 0.388 e. The highest BCUT2D eigenvalue weighted by Gasteiger charge is 2.15. The summed E-state index contributed by atoms with van der Waals surface area (Å²) in [6.45, 7) is 6.04. The third-order valence-electron chi connectivity index (χ3n) is 3.32. The topological polar surface area (TPSA) is 29.1 Å². The molecule has 2 heteroatoms. The van der Waals surface area contributed by atoms with Crippen molar-refractivity contribution in [2.24, 2.45) is 0 Å². The van der Waals surface area contributed by atoms with Crippen LogP contribution in [0, 0.1) is 20.8 Å². The zero-order chi connectivity index (χ0) is 14.0. The van der Waals surface area contributed by atoms with Crippen LogP contribution in [0.4, 0.5) is 5.69 Å². The molecule has 98 valence electrons. The molecule has 2 rings (SSSR count). The van der Waals surface area contributed by atoms with E-state index in [9.17, 15) is 4.79 Å². The number of anilines is 1. The number of hydrogen-bond acceptors (Lipinski definition) is 2. The van der Waals surface area contributed by atoms with Gasteiger partial charge in [0, 0.05) is 23.9 Å². The molecule has 0 radical (unpaired) electrons. The summed E-state index contributed by atoms with van der Waals surface area (Å²) in [5.41, 5.74) is 5.76. The highest BCUT2D eigenvalue weighted by atomic mass is 16.1. The fraction of sp³-hybridized carbons (Fsp3) is 0.235. The third kappa shape index (κ3) is 2.68. The summed E-state index contributed by atoms with van der Waals surface area (Å²) in [4.78, 5) is 12.6. The van der Waals surface area contributed by atoms with Crippen LogP contribution in [0.2, 0.25) is 0 Å². The van der Waals surface area contributed by atoms with Crippen molar-refractivity contribution in [2.75, 3.05) is 12.4 Å². The van der Waals surface area contributed by atoms with Crippen molar-refractivity contribution >= 4 is 11.5 Å². The van der Waals surface area contributed by atoms with E-state index in [-0.39, 0.29) is 5.78 Å². The minimum atomic E-state index is 0.0899. The molecule has 0 bridgehead atoms. The van der Waals surface area contributed by atoms with E-state index in [4.69, 9.17) is 0 Å². The second-order valence-corrected chi connectivity index (χ2v) is 4.93. The Morgan fingerprint density at radius 2 is 1.63 bits per heavy atom. The molecule has 0 aliphatic heterocycles. The molecule has 19 heavy (non-hydrogen) atoms. The Balaban J connectivity index is 2.50. The molecule has 1 N–H and O–H groups in total. The monoisotopic (exact) mass is 253 g/mol. The Bertz CT molecular complexity index is 606. The van der Waals surface area contributed by atoms with Gasteiger partial charge in [-0.2, -0.15) is 0 Å². The van der Waals surface area contributed by atoms with Gasteiger partial charge in [0.15, 0.2) is 5.78 Å². The Morgan fingerprint density at radius 3 is 2.21 bits per heavy atom. The first-order valence-corrected chi connectivity index (χ1v) is 6.43. The number of hydrogen-bond donors (Lipinski definition) is 1. The second-order valence-electron chi connectivity index (χ2n) is 4.93. The van der Waals surface area contributed by atoms with Gasteiger partial charge in [-0.05, 0) is 44.0 Å². The number of aryl methyl sites for hydroxylation is 3. The van der Waals surface area contributed by atoms with Gasteiger partial charge in [-0.1, -0.05) is 29.8 Å². The van der Waals surface area contributed by atoms with E-state index in [1.165, 1.54) is 5.56 Å². The maximum Gasteiger partial charge on any atom is 0.193 e. The van der Waals surface area contributed by atoms with Crippen LogP contribution in [-0.2, 0) is 0 Å². The lowest BCUT2D eigenvalue weighted by Gasteiger charge is -2.11. The summed E-state index contributed by atoms with van der Waals surface area (Å²) in [6.07, 6.45) is 0. The van der Waals surface area contributed by atoms with Gasteiger partial charge in [0.2, 0.25) is 0 Å². The highest BCUT2D eigenvalue weighted by molar-refractivity contribution is 6.11. The molecule has 0 heterocycles. The lowest BCUT2D eigenvalue weighted by atomic mass is 9.93. The van der Waals surface area contributed by atoms with Gasteiger partial charge in [0.1, 0.15) is 0 Å². The zero-order valence-corrected chi connectivity index (χ0v) is 11.9. The lowest BCUT2D eigenvalue weighted by molar-refractivity contribution is 0.103. The molecule has 0 atom stereocenters. The molecule has 0 saturated heterocycles. The summed E-state index contributed by atoms with van der Waals surface area (Å²) in [5, 5.41) is 3.06. The Hall–Kier alpha value is -2.09. The molecular formula is C17H19NO. The van der Waals surface area contributed by atoms with Gasteiger partial charge >= 0.3 is 0 Å². The van der Waals surface area contributed by atoms with Crippen LogP contribution < -0.4 is 5.32 Å². The fourth-order valence-corrected chi connectivity index (χ4v) is 2.50. The van der Waals surface area contributed by atoms with E-state index in [2.05, 4.69) is 24.4 Å². The fourth-order valence-electron chi connectivity index (χ4n) is 2.50. The van der Waals surface area contributed by atoms with Crippen molar-refractivity contribution in [1.29, 1.82) is 0 Å². The number of nitrogens with one attached hydrogen (secondary N) is 1. The van der Waals surface area contributed by atoms with E-state index in [1.807, 2.05) is 45.2 Å². The molecule has 0 amide bonds. The Morgan fingerprint density at radius 1 is 1.00 bits per heavy atom. The molecule has 0 saturated carbocycles. The molecule has 0 unspecified atom stereocenters. The SMILES string of the molecule is CNc1cccc(C(=O)c2c(C)cc(C)cc2C)c1. The average Bonchev–Trinajstić information content (AvgIpc) is 2.37. The molecular weight excluding hydrogens is 234 g/mol. The van der Waals surface area contributed by atoms with Crippen molar-refractivity contribution in [3.05, 3.63) is 64.2 Å². The third-order valence-corrected chi connectivity index (χ3v) is 3.32. The summed E-state index contributed by atoms with van der Waals surface area (Å²) >= 11 is 0. The van der Waals surface area contributed by atoms with Crippen LogP contribution in [0.3, 0.4) is 0 Å². The smallest absolute Gasteiger partial charge is 0.193 e. The summed E-state index contributed by atoms with van der Waals surface area (Å²) < 4.78 is 0. The van der Waals surface area contributed by atoms with Crippen LogP contribution >= 0.6 is 0 Å². The molecule has 2 nitrogen and oxygen atoms in total. The predicted molar refractivity (Wildman–Crippen MR) is 80.1 cm³/mol. The number of benzene rings is 2. The average molecular weight is 253 g/mol. The van der Waals surface area contributed by atoms with Crippen molar-refractivity contribution < 1.29 is 4.79 Å². The normalized spacial score (nSPS) is 10.3.